The first-order chi connectivity index (χ1) is 18.3. The van der Waals surface area contributed by atoms with E-state index in [1.54, 1.807) is 17.0 Å². The predicted octanol–water partition coefficient (Wildman–Crippen LogP) is 5.46. The van der Waals surface area contributed by atoms with Gasteiger partial charge in [-0.15, -0.1) is 0 Å². The highest BCUT2D eigenvalue weighted by atomic mass is 19.1. The highest BCUT2D eigenvalue weighted by molar-refractivity contribution is 5.97. The number of aryl methyl sites for hydroxylation is 1. The van der Waals surface area contributed by atoms with E-state index < -0.39 is 5.82 Å². The molecule has 1 aromatic carbocycles. The molecule has 4 heterocycles. The van der Waals surface area contributed by atoms with Crippen LogP contribution in [0.2, 0.25) is 0 Å². The van der Waals surface area contributed by atoms with Gasteiger partial charge in [0.2, 0.25) is 0 Å². The number of benzene rings is 1. The zero-order valence-corrected chi connectivity index (χ0v) is 23.0. The number of hydrogen-bond acceptors (Lipinski definition) is 5. The monoisotopic (exact) mass is 521 g/mol. The van der Waals surface area contributed by atoms with Crippen molar-refractivity contribution < 1.29 is 13.9 Å². The predicted molar refractivity (Wildman–Crippen MR) is 147 cm³/mol. The fourth-order valence-corrected chi connectivity index (χ4v) is 5.87. The second-order valence-electron chi connectivity index (χ2n) is 11.1. The lowest BCUT2D eigenvalue weighted by Crippen LogP contribution is -2.39. The van der Waals surface area contributed by atoms with E-state index >= 15 is 4.39 Å². The van der Waals surface area contributed by atoms with Crippen molar-refractivity contribution in [1.82, 2.24) is 24.5 Å². The third kappa shape index (κ3) is 5.31. The number of likely N-dealkylation sites (tertiary alicyclic amines) is 1. The largest absolute Gasteiger partial charge is 0.493 e. The van der Waals surface area contributed by atoms with E-state index in [4.69, 9.17) is 9.84 Å². The number of ether oxygens (including phenoxy) is 1. The zero-order valence-electron chi connectivity index (χ0n) is 23.0. The molecule has 3 aliphatic heterocycles. The molecular formula is C30H40FN5O2. The Balaban J connectivity index is 1.55. The summed E-state index contributed by atoms with van der Waals surface area (Å²) >= 11 is 0. The molecule has 5 rings (SSSR count). The molecule has 0 saturated carbocycles. The number of carbonyl (C=O) groups excluding carboxylic acids is 1. The molecule has 1 unspecified atom stereocenters. The summed E-state index contributed by atoms with van der Waals surface area (Å²) in [6, 6.07) is 6.50. The van der Waals surface area contributed by atoms with Gasteiger partial charge in [0.05, 0.1) is 18.3 Å². The third-order valence-electron chi connectivity index (χ3n) is 8.08. The van der Waals surface area contributed by atoms with E-state index in [0.29, 0.717) is 24.8 Å². The average Bonchev–Trinajstić information content (AvgIpc) is 3.51. The zero-order chi connectivity index (χ0) is 26.8. The summed E-state index contributed by atoms with van der Waals surface area (Å²) in [4.78, 5) is 20.2. The van der Waals surface area contributed by atoms with Crippen molar-refractivity contribution in [2.75, 3.05) is 39.8 Å². The standard InChI is InChI=1S/C30H40FN5O2/c1-21-13-16-34(20-21)22(2)19-28-33(4)14-7-8-17-38-27-12-9-10-24(31)29(27)30(37)35-15-6-5-11-26(35)25-18-23(3)36(28)32-25/h9-10,12,18-19,21,26H,2,5-8,11,13-17,20H2,1,3-4H3/b28-19-/t21-,26?/m0/s1. The lowest BCUT2D eigenvalue weighted by Gasteiger charge is -2.35. The Labute approximate surface area is 225 Å². The van der Waals surface area contributed by atoms with Crippen LogP contribution in [-0.2, 0) is 0 Å². The van der Waals surface area contributed by atoms with Gasteiger partial charge < -0.3 is 19.4 Å². The van der Waals surface area contributed by atoms with Crippen LogP contribution in [0.1, 0.15) is 73.2 Å². The van der Waals surface area contributed by atoms with Gasteiger partial charge in [-0.3, -0.25) is 4.79 Å². The van der Waals surface area contributed by atoms with Gasteiger partial charge in [-0.1, -0.05) is 19.6 Å². The highest BCUT2D eigenvalue weighted by Gasteiger charge is 2.34. The Morgan fingerprint density at radius 3 is 2.76 bits per heavy atom. The number of aromatic nitrogens is 2. The minimum Gasteiger partial charge on any atom is -0.493 e. The number of fused-ring (bicyclic) bond motifs is 5. The van der Waals surface area contributed by atoms with Crippen LogP contribution < -0.4 is 4.74 Å². The van der Waals surface area contributed by atoms with Gasteiger partial charge >= 0.3 is 0 Å². The molecule has 0 spiro atoms. The minimum absolute atomic E-state index is 0.0271. The van der Waals surface area contributed by atoms with Gasteiger partial charge in [0.15, 0.2) is 0 Å². The first kappa shape index (κ1) is 26.3. The molecule has 2 bridgehead atoms. The molecule has 2 atom stereocenters. The Hall–Kier alpha value is -3.29. The highest BCUT2D eigenvalue weighted by Crippen LogP contribution is 2.35. The maximum atomic E-state index is 15.0. The fraction of sp³-hybridized carbons (Fsp3) is 0.533. The number of rotatable bonds is 2. The summed E-state index contributed by atoms with van der Waals surface area (Å²) in [5.41, 5.74) is 2.86. The van der Waals surface area contributed by atoms with Crippen molar-refractivity contribution in [3.8, 4) is 5.75 Å². The van der Waals surface area contributed by atoms with Crippen molar-refractivity contribution in [1.29, 1.82) is 0 Å². The lowest BCUT2D eigenvalue weighted by molar-refractivity contribution is 0.0596. The van der Waals surface area contributed by atoms with Crippen molar-refractivity contribution in [2.24, 2.45) is 5.92 Å². The summed E-state index contributed by atoms with van der Waals surface area (Å²) < 4.78 is 23.0. The number of amides is 1. The molecule has 8 heteroatoms. The Bertz CT molecular complexity index is 1220. The summed E-state index contributed by atoms with van der Waals surface area (Å²) in [5, 5.41) is 5.07. The van der Waals surface area contributed by atoms with Crippen LogP contribution in [0.4, 0.5) is 4.39 Å². The van der Waals surface area contributed by atoms with Crippen molar-refractivity contribution in [2.45, 2.75) is 58.4 Å². The maximum Gasteiger partial charge on any atom is 0.261 e. The van der Waals surface area contributed by atoms with Crippen molar-refractivity contribution in [3.05, 3.63) is 65.4 Å². The first-order valence-corrected chi connectivity index (χ1v) is 14.0. The van der Waals surface area contributed by atoms with Crippen LogP contribution in [0.15, 0.2) is 42.6 Å². The fourth-order valence-electron chi connectivity index (χ4n) is 5.87. The van der Waals surface area contributed by atoms with Crippen LogP contribution in [0, 0.1) is 18.7 Å². The molecule has 204 valence electrons. The molecule has 0 radical (unpaired) electrons. The van der Waals surface area contributed by atoms with Crippen molar-refractivity contribution >= 4 is 11.7 Å². The number of allylic oxidation sites excluding steroid dienone is 1. The van der Waals surface area contributed by atoms with Crippen LogP contribution >= 0.6 is 0 Å². The molecule has 1 aromatic heterocycles. The van der Waals surface area contributed by atoms with E-state index in [9.17, 15) is 4.79 Å². The summed E-state index contributed by atoms with van der Waals surface area (Å²) in [6.45, 7) is 12.6. The number of nitrogens with zero attached hydrogens (tertiary/aromatic N) is 5. The molecule has 2 aromatic rings. The topological polar surface area (TPSA) is 53.8 Å². The van der Waals surface area contributed by atoms with Crippen LogP contribution in [0.5, 0.6) is 5.75 Å². The minimum atomic E-state index is -0.539. The number of carbonyl (C=O) groups is 1. The lowest BCUT2D eigenvalue weighted by atomic mass is 9.97. The van der Waals surface area contributed by atoms with E-state index in [1.807, 2.05) is 4.68 Å². The molecule has 0 N–H and O–H groups in total. The Kier molecular flexibility index (Phi) is 7.77. The average molecular weight is 522 g/mol. The van der Waals surface area contributed by atoms with Gasteiger partial charge in [-0.2, -0.15) is 5.10 Å². The summed E-state index contributed by atoms with van der Waals surface area (Å²) in [7, 11) is 2.09. The molecule has 7 nitrogen and oxygen atoms in total. The van der Waals surface area contributed by atoms with Gasteiger partial charge in [0, 0.05) is 50.7 Å². The number of hydrogen-bond donors (Lipinski definition) is 0. The Morgan fingerprint density at radius 2 is 1.97 bits per heavy atom. The van der Waals surface area contributed by atoms with Crippen LogP contribution in [0.3, 0.4) is 0 Å². The number of piperidine rings is 1. The second kappa shape index (κ2) is 11.2. The summed E-state index contributed by atoms with van der Waals surface area (Å²) in [5.74, 6) is 1.09. The smallest absolute Gasteiger partial charge is 0.261 e. The van der Waals surface area contributed by atoms with Gasteiger partial charge in [-0.25, -0.2) is 9.07 Å². The summed E-state index contributed by atoms with van der Waals surface area (Å²) in [6.07, 6.45) is 7.65. The van der Waals surface area contributed by atoms with Gasteiger partial charge in [0.25, 0.3) is 5.91 Å². The molecule has 3 aliphatic rings. The van der Waals surface area contributed by atoms with E-state index in [0.717, 1.165) is 74.6 Å². The van der Waals surface area contributed by atoms with Gasteiger partial charge in [0.1, 0.15) is 23.0 Å². The van der Waals surface area contributed by atoms with E-state index in [2.05, 4.69) is 49.4 Å². The van der Waals surface area contributed by atoms with Crippen LogP contribution in [-0.4, -0.2) is 70.2 Å². The molecule has 38 heavy (non-hydrogen) atoms. The second-order valence-corrected chi connectivity index (χ2v) is 11.1. The van der Waals surface area contributed by atoms with Crippen molar-refractivity contribution in [3.63, 3.8) is 0 Å². The number of halogens is 1. The molecule has 1 amide bonds. The maximum absolute atomic E-state index is 15.0. The molecular weight excluding hydrogens is 481 g/mol. The Morgan fingerprint density at radius 1 is 1.16 bits per heavy atom. The SMILES string of the molecule is C=C(/C=C1/N(C)CCCCOc2cccc(F)c2C(=O)N2CCCCC2c2cc(C)n1n2)N1CC[C@H](C)C1. The van der Waals surface area contributed by atoms with E-state index in [-0.39, 0.29) is 17.5 Å². The third-order valence-corrected chi connectivity index (χ3v) is 8.08. The first-order valence-electron chi connectivity index (χ1n) is 14.0. The van der Waals surface area contributed by atoms with E-state index in [1.165, 1.54) is 12.5 Å². The molecule has 0 aliphatic carbocycles. The molecule has 2 fully saturated rings. The quantitative estimate of drug-likeness (QED) is 0.526. The van der Waals surface area contributed by atoms with Crippen LogP contribution in [0.25, 0.3) is 5.82 Å². The van der Waals surface area contributed by atoms with Gasteiger partial charge in [-0.05, 0) is 69.6 Å². The molecule has 2 saturated heterocycles. The normalized spacial score (nSPS) is 23.9.